The van der Waals surface area contributed by atoms with Crippen molar-refractivity contribution >= 4 is 28.7 Å². The van der Waals surface area contributed by atoms with E-state index in [1.165, 1.54) is 12.1 Å². The summed E-state index contributed by atoms with van der Waals surface area (Å²) in [4.78, 5) is 23.4. The number of imidazole rings is 1. The molecule has 5 heterocycles. The van der Waals surface area contributed by atoms with Crippen LogP contribution < -0.4 is 15.5 Å². The first-order valence-corrected chi connectivity index (χ1v) is 11.3. The quantitative estimate of drug-likeness (QED) is 0.418. The standard InChI is InChI=1S/C25H22F2N6O2/c26-14-5-8-33-20(12-29-23(33)9-14)16-2-3-19(24-17(16)11-30-25(24)35)31-22-4-1-15(10-28-22)32-7-6-18(27)21(34)13-32/h1-5,8-10,12,18,21,34H,6-7,11,13H2,(H,28,31)(H,30,35)/t18-,21?/m0/s1. The van der Waals surface area contributed by atoms with Crippen LogP contribution in [-0.4, -0.2) is 50.7 Å². The third kappa shape index (κ3) is 3.75. The molecule has 1 unspecified atom stereocenters. The number of hydrogen-bond donors (Lipinski definition) is 3. The number of carbonyl (C=O) groups is 1. The molecule has 2 aliphatic rings. The summed E-state index contributed by atoms with van der Waals surface area (Å²) in [5, 5.41) is 15.9. The van der Waals surface area contributed by atoms with E-state index < -0.39 is 12.3 Å². The number of β-amino-alcohol motifs (C(OH)–C–C–N with tert-alkyl or cyclic N) is 1. The zero-order chi connectivity index (χ0) is 24.1. The van der Waals surface area contributed by atoms with Gasteiger partial charge in [-0.2, -0.15) is 0 Å². The van der Waals surface area contributed by atoms with Gasteiger partial charge in [0, 0.05) is 37.5 Å². The Morgan fingerprint density at radius 2 is 2.03 bits per heavy atom. The number of aliphatic hydroxyl groups excluding tert-OH is 1. The van der Waals surface area contributed by atoms with Crippen molar-refractivity contribution in [3.05, 3.63) is 71.9 Å². The van der Waals surface area contributed by atoms with Crippen LogP contribution in [0.1, 0.15) is 22.3 Å². The summed E-state index contributed by atoms with van der Waals surface area (Å²) in [7, 11) is 0. The first kappa shape index (κ1) is 21.5. The molecule has 1 amide bonds. The van der Waals surface area contributed by atoms with E-state index in [2.05, 4.69) is 20.6 Å². The molecule has 3 N–H and O–H groups in total. The third-order valence-corrected chi connectivity index (χ3v) is 6.59. The molecule has 0 bridgehead atoms. The van der Waals surface area contributed by atoms with E-state index in [1.54, 1.807) is 29.1 Å². The lowest BCUT2D eigenvalue weighted by Crippen LogP contribution is -2.45. The summed E-state index contributed by atoms with van der Waals surface area (Å²) in [6.07, 6.45) is 3.03. The molecule has 178 valence electrons. The van der Waals surface area contributed by atoms with Crippen molar-refractivity contribution in [3.8, 4) is 11.3 Å². The fourth-order valence-electron chi connectivity index (χ4n) is 4.77. The number of pyridine rings is 2. The van der Waals surface area contributed by atoms with Crippen LogP contribution in [0.4, 0.5) is 26.0 Å². The van der Waals surface area contributed by atoms with Crippen molar-refractivity contribution in [1.29, 1.82) is 0 Å². The topological polar surface area (TPSA) is 94.8 Å². The highest BCUT2D eigenvalue weighted by molar-refractivity contribution is 6.06. The van der Waals surface area contributed by atoms with Gasteiger partial charge in [0.1, 0.15) is 29.6 Å². The van der Waals surface area contributed by atoms with Crippen molar-refractivity contribution in [3.63, 3.8) is 0 Å². The number of fused-ring (bicyclic) bond motifs is 2. The van der Waals surface area contributed by atoms with E-state index in [0.29, 0.717) is 35.8 Å². The first-order chi connectivity index (χ1) is 17.0. The van der Waals surface area contributed by atoms with Crippen molar-refractivity contribution in [1.82, 2.24) is 19.7 Å². The molecular weight excluding hydrogens is 454 g/mol. The van der Waals surface area contributed by atoms with Crippen molar-refractivity contribution in [2.24, 2.45) is 0 Å². The average Bonchev–Trinajstić information content (AvgIpc) is 3.45. The van der Waals surface area contributed by atoms with Crippen LogP contribution in [0.2, 0.25) is 0 Å². The van der Waals surface area contributed by atoms with E-state index in [9.17, 15) is 18.7 Å². The third-order valence-electron chi connectivity index (χ3n) is 6.59. The largest absolute Gasteiger partial charge is 0.388 e. The molecule has 2 atom stereocenters. The summed E-state index contributed by atoms with van der Waals surface area (Å²) >= 11 is 0. The number of nitrogens with zero attached hydrogens (tertiary/aromatic N) is 4. The molecule has 10 heteroatoms. The van der Waals surface area contributed by atoms with Crippen LogP contribution in [0.25, 0.3) is 16.9 Å². The Kier molecular flexibility index (Phi) is 5.10. The summed E-state index contributed by atoms with van der Waals surface area (Å²) in [5.74, 6) is -0.00335. The summed E-state index contributed by atoms with van der Waals surface area (Å²) < 4.78 is 29.0. The van der Waals surface area contributed by atoms with Gasteiger partial charge < -0.3 is 20.6 Å². The number of alkyl halides is 1. The van der Waals surface area contributed by atoms with Gasteiger partial charge in [0.05, 0.1) is 35.0 Å². The molecule has 0 saturated carbocycles. The minimum Gasteiger partial charge on any atom is -0.388 e. The smallest absolute Gasteiger partial charge is 0.254 e. The van der Waals surface area contributed by atoms with E-state index in [0.717, 1.165) is 22.5 Å². The van der Waals surface area contributed by atoms with E-state index in [-0.39, 0.29) is 24.7 Å². The lowest BCUT2D eigenvalue weighted by Gasteiger charge is -2.33. The van der Waals surface area contributed by atoms with Gasteiger partial charge >= 0.3 is 0 Å². The molecule has 2 aliphatic heterocycles. The van der Waals surface area contributed by atoms with Crippen LogP contribution in [0.3, 0.4) is 0 Å². The fraction of sp³-hybridized carbons (Fsp3) is 0.240. The number of carbonyl (C=O) groups excluding carboxylic acids is 1. The van der Waals surface area contributed by atoms with E-state index >= 15 is 0 Å². The highest BCUT2D eigenvalue weighted by atomic mass is 19.1. The predicted octanol–water partition coefficient (Wildman–Crippen LogP) is 3.43. The minimum atomic E-state index is -1.20. The van der Waals surface area contributed by atoms with Crippen LogP contribution >= 0.6 is 0 Å². The molecule has 3 aromatic heterocycles. The molecule has 4 aromatic rings. The van der Waals surface area contributed by atoms with E-state index in [4.69, 9.17) is 0 Å². The van der Waals surface area contributed by atoms with Crippen LogP contribution in [0.15, 0.2) is 55.0 Å². The van der Waals surface area contributed by atoms with Gasteiger partial charge in [-0.25, -0.2) is 18.7 Å². The molecular formula is C25H22F2N6O2. The molecule has 35 heavy (non-hydrogen) atoms. The van der Waals surface area contributed by atoms with Crippen molar-refractivity contribution < 1.29 is 18.7 Å². The maximum Gasteiger partial charge on any atom is 0.254 e. The molecule has 1 saturated heterocycles. The highest BCUT2D eigenvalue weighted by Crippen LogP contribution is 2.35. The second-order valence-electron chi connectivity index (χ2n) is 8.76. The van der Waals surface area contributed by atoms with Crippen molar-refractivity contribution in [2.75, 3.05) is 23.3 Å². The number of aliphatic hydroxyl groups is 1. The number of benzene rings is 1. The van der Waals surface area contributed by atoms with Crippen LogP contribution in [-0.2, 0) is 6.54 Å². The lowest BCUT2D eigenvalue weighted by molar-refractivity contribution is 0.0645. The Morgan fingerprint density at radius 1 is 1.14 bits per heavy atom. The van der Waals surface area contributed by atoms with Gasteiger partial charge in [-0.1, -0.05) is 6.07 Å². The summed E-state index contributed by atoms with van der Waals surface area (Å²) in [6.45, 7) is 1.10. The van der Waals surface area contributed by atoms with E-state index in [1.807, 2.05) is 23.1 Å². The number of amides is 1. The van der Waals surface area contributed by atoms with Gasteiger partial charge in [0.15, 0.2) is 0 Å². The zero-order valence-corrected chi connectivity index (χ0v) is 18.6. The minimum absolute atomic E-state index is 0.191. The molecule has 1 fully saturated rings. The number of rotatable bonds is 4. The number of piperidine rings is 1. The first-order valence-electron chi connectivity index (χ1n) is 11.3. The Labute approximate surface area is 199 Å². The Bertz CT molecular complexity index is 1440. The maximum absolute atomic E-state index is 13.6. The predicted molar refractivity (Wildman–Crippen MR) is 127 cm³/mol. The molecule has 1 aromatic carbocycles. The fourth-order valence-corrected chi connectivity index (χ4v) is 4.77. The highest BCUT2D eigenvalue weighted by Gasteiger charge is 2.29. The van der Waals surface area contributed by atoms with Crippen LogP contribution in [0, 0.1) is 5.82 Å². The number of nitrogens with one attached hydrogen (secondary N) is 2. The molecule has 8 nitrogen and oxygen atoms in total. The Balaban J connectivity index is 1.30. The number of aromatic nitrogens is 3. The Morgan fingerprint density at radius 3 is 2.83 bits per heavy atom. The second kappa shape index (κ2) is 8.31. The van der Waals surface area contributed by atoms with Gasteiger partial charge in [-0.15, -0.1) is 0 Å². The van der Waals surface area contributed by atoms with Gasteiger partial charge in [0.25, 0.3) is 5.91 Å². The number of hydrogen-bond acceptors (Lipinski definition) is 6. The molecule has 0 aliphatic carbocycles. The SMILES string of the molecule is O=C1NCc2c(-c3cnc4cc(F)ccn34)ccc(Nc3ccc(N4CC[C@H](F)C(O)C4)cn3)c21. The molecule has 0 radical (unpaired) electrons. The van der Waals surface area contributed by atoms with Crippen molar-refractivity contribution in [2.45, 2.75) is 25.2 Å². The summed E-state index contributed by atoms with van der Waals surface area (Å²) in [6, 6.07) is 10.1. The monoisotopic (exact) mass is 476 g/mol. The average molecular weight is 476 g/mol. The number of anilines is 3. The number of halogens is 2. The lowest BCUT2D eigenvalue weighted by atomic mass is 9.99. The zero-order valence-electron chi connectivity index (χ0n) is 18.6. The van der Waals surface area contributed by atoms with Gasteiger partial charge in [0.2, 0.25) is 0 Å². The maximum atomic E-state index is 13.6. The van der Waals surface area contributed by atoms with Crippen LogP contribution in [0.5, 0.6) is 0 Å². The second-order valence-corrected chi connectivity index (χ2v) is 8.76. The molecule has 0 spiro atoms. The van der Waals surface area contributed by atoms with Gasteiger partial charge in [-0.3, -0.25) is 9.20 Å². The summed E-state index contributed by atoms with van der Waals surface area (Å²) in [5.41, 5.74) is 4.85. The normalized spacial score (nSPS) is 19.6. The Hall–Kier alpha value is -4.05. The van der Waals surface area contributed by atoms with Gasteiger partial charge in [-0.05, 0) is 36.2 Å². The molecule has 6 rings (SSSR count).